The average molecular weight is 456 g/mol. The minimum absolute atomic E-state index is 0.0101. The Balaban J connectivity index is 1.61. The Morgan fingerprint density at radius 2 is 2.17 bits per heavy atom. The fourth-order valence-corrected chi connectivity index (χ4v) is 5.87. The van der Waals surface area contributed by atoms with Crippen molar-refractivity contribution in [1.82, 2.24) is 9.55 Å². The van der Waals surface area contributed by atoms with Gasteiger partial charge in [0.2, 0.25) is 0 Å². The number of rotatable bonds is 5. The van der Waals surface area contributed by atoms with Gasteiger partial charge in [-0.25, -0.2) is 4.98 Å². The number of benzene rings is 1. The van der Waals surface area contributed by atoms with Crippen LogP contribution in [0.1, 0.15) is 28.0 Å². The molecule has 0 amide bonds. The highest BCUT2D eigenvalue weighted by Gasteiger charge is 2.18. The quantitative estimate of drug-likeness (QED) is 0.409. The van der Waals surface area contributed by atoms with Crippen molar-refractivity contribution in [2.75, 3.05) is 5.73 Å². The normalized spacial score (nSPS) is 13.4. The van der Waals surface area contributed by atoms with E-state index in [1.54, 1.807) is 17.5 Å². The van der Waals surface area contributed by atoms with Crippen LogP contribution < -0.4 is 5.73 Å². The number of carboxylic acids is 1. The van der Waals surface area contributed by atoms with Crippen LogP contribution in [0.25, 0.3) is 27.4 Å². The molecular formula is C22H18ClN3O2S2. The number of aliphatic carboxylic acids is 1. The van der Waals surface area contributed by atoms with Gasteiger partial charge in [-0.1, -0.05) is 35.1 Å². The molecule has 1 aliphatic carbocycles. The number of nitrogens with zero attached hydrogens (tertiary/aromatic N) is 2. The smallest absolute Gasteiger partial charge is 0.307 e. The predicted molar refractivity (Wildman–Crippen MR) is 124 cm³/mol. The molecule has 0 unspecified atom stereocenters. The topological polar surface area (TPSA) is 81.1 Å². The summed E-state index contributed by atoms with van der Waals surface area (Å²) in [6.07, 6.45) is 7.66. The van der Waals surface area contributed by atoms with Crippen LogP contribution in [-0.4, -0.2) is 20.6 Å². The molecule has 5 nitrogen and oxygen atoms in total. The van der Waals surface area contributed by atoms with Crippen LogP contribution >= 0.6 is 34.3 Å². The molecule has 0 radical (unpaired) electrons. The van der Waals surface area contributed by atoms with Gasteiger partial charge in [-0.15, -0.1) is 11.3 Å². The van der Waals surface area contributed by atoms with Gasteiger partial charge >= 0.3 is 5.97 Å². The lowest BCUT2D eigenvalue weighted by atomic mass is 10.0. The summed E-state index contributed by atoms with van der Waals surface area (Å²) in [4.78, 5) is 17.9. The number of nitrogens with two attached hydrogens (primary N) is 1. The van der Waals surface area contributed by atoms with Crippen LogP contribution in [0.5, 0.6) is 0 Å². The summed E-state index contributed by atoms with van der Waals surface area (Å²) in [5.41, 5.74) is 11.1. The van der Waals surface area contributed by atoms with Gasteiger partial charge in [-0.05, 0) is 52.6 Å². The van der Waals surface area contributed by atoms with Gasteiger partial charge in [-0.3, -0.25) is 4.79 Å². The first-order chi connectivity index (χ1) is 14.5. The summed E-state index contributed by atoms with van der Waals surface area (Å²) >= 11 is 9.51. The molecule has 0 atom stereocenters. The molecule has 3 heterocycles. The molecule has 0 saturated heterocycles. The number of hydrogen-bond donors (Lipinski definition) is 2. The second-order valence-electron chi connectivity index (χ2n) is 7.34. The van der Waals surface area contributed by atoms with Gasteiger partial charge in [0.05, 0.1) is 11.3 Å². The Morgan fingerprint density at radius 1 is 1.30 bits per heavy atom. The number of carboxylic acid groups (broad SMARTS) is 1. The molecule has 152 valence electrons. The number of thiazole rings is 1. The highest BCUT2D eigenvalue weighted by atomic mass is 35.5. The number of aryl methyl sites for hydroxylation is 1. The molecule has 8 heteroatoms. The summed E-state index contributed by atoms with van der Waals surface area (Å²) < 4.78 is 2.14. The van der Waals surface area contributed by atoms with E-state index in [4.69, 9.17) is 17.3 Å². The van der Waals surface area contributed by atoms with E-state index >= 15 is 0 Å². The van der Waals surface area contributed by atoms with Crippen molar-refractivity contribution in [1.29, 1.82) is 0 Å². The van der Waals surface area contributed by atoms with Crippen LogP contribution in [0, 0.1) is 0 Å². The van der Waals surface area contributed by atoms with Crippen molar-refractivity contribution < 1.29 is 9.90 Å². The van der Waals surface area contributed by atoms with E-state index in [2.05, 4.69) is 27.1 Å². The van der Waals surface area contributed by atoms with E-state index in [-0.39, 0.29) is 6.42 Å². The van der Waals surface area contributed by atoms with E-state index in [0.717, 1.165) is 44.8 Å². The Morgan fingerprint density at radius 3 is 2.93 bits per heavy atom. The zero-order chi connectivity index (χ0) is 20.8. The molecule has 0 fully saturated rings. The van der Waals surface area contributed by atoms with E-state index < -0.39 is 5.97 Å². The number of nitrogen functional groups attached to an aromatic ring is 1. The first-order valence-electron chi connectivity index (χ1n) is 9.48. The number of hydrogen-bond acceptors (Lipinski definition) is 5. The summed E-state index contributed by atoms with van der Waals surface area (Å²) in [5, 5.41) is 13.9. The SMILES string of the molecule is Nc1ncc(-c2ccc3c(CC(=O)O)cn(Cc4csc5c4C=C(Cl)CC5)c3c2)s1. The number of halogens is 1. The number of allylic oxidation sites excluding steroid dienone is 1. The fourth-order valence-electron chi connectivity index (χ4n) is 3.96. The van der Waals surface area contributed by atoms with E-state index in [0.29, 0.717) is 11.7 Å². The zero-order valence-corrected chi connectivity index (χ0v) is 18.3. The lowest BCUT2D eigenvalue weighted by Crippen LogP contribution is -2.02. The van der Waals surface area contributed by atoms with Crippen molar-refractivity contribution in [3.05, 3.63) is 62.6 Å². The van der Waals surface area contributed by atoms with Gasteiger partial charge in [0.1, 0.15) is 0 Å². The third-order valence-corrected chi connectivity index (χ3v) is 7.62. The van der Waals surface area contributed by atoms with Crippen molar-refractivity contribution in [2.45, 2.75) is 25.8 Å². The van der Waals surface area contributed by atoms with Crippen molar-refractivity contribution >= 4 is 62.4 Å². The molecule has 5 rings (SSSR count). The Hall–Kier alpha value is -2.61. The van der Waals surface area contributed by atoms with Gasteiger partial charge in [0.25, 0.3) is 0 Å². The number of thiophene rings is 1. The van der Waals surface area contributed by atoms with E-state index in [1.807, 2.05) is 18.3 Å². The summed E-state index contributed by atoms with van der Waals surface area (Å²) in [6, 6.07) is 6.09. The average Bonchev–Trinajstić information content (AvgIpc) is 3.40. The van der Waals surface area contributed by atoms with Crippen LogP contribution in [-0.2, 0) is 24.2 Å². The van der Waals surface area contributed by atoms with Crippen molar-refractivity contribution in [2.24, 2.45) is 0 Å². The number of anilines is 1. The molecular weight excluding hydrogens is 438 g/mol. The van der Waals surface area contributed by atoms with E-state index in [1.165, 1.54) is 27.3 Å². The highest BCUT2D eigenvalue weighted by molar-refractivity contribution is 7.18. The minimum atomic E-state index is -0.837. The third kappa shape index (κ3) is 3.53. The molecule has 0 aliphatic heterocycles. The molecule has 0 spiro atoms. The molecule has 4 aromatic rings. The summed E-state index contributed by atoms with van der Waals surface area (Å²) in [6.45, 7) is 0.664. The van der Waals surface area contributed by atoms with Crippen LogP contribution in [0.4, 0.5) is 5.13 Å². The third-order valence-electron chi connectivity index (χ3n) is 5.34. The number of aromatic nitrogens is 2. The summed E-state index contributed by atoms with van der Waals surface area (Å²) in [7, 11) is 0. The fraction of sp³-hybridized carbons (Fsp3) is 0.182. The summed E-state index contributed by atoms with van der Waals surface area (Å²) in [5.74, 6) is -0.837. The van der Waals surface area contributed by atoms with Crippen molar-refractivity contribution in [3.8, 4) is 10.4 Å². The maximum absolute atomic E-state index is 11.4. The Labute approximate surface area is 186 Å². The molecule has 30 heavy (non-hydrogen) atoms. The minimum Gasteiger partial charge on any atom is -0.481 e. The first kappa shape index (κ1) is 19.4. The predicted octanol–water partition coefficient (Wildman–Crippen LogP) is 5.61. The Kier molecular flexibility index (Phi) is 4.89. The standard InChI is InChI=1S/C22H18ClN3O2S2/c23-15-2-4-19-17(7-15)14(11-29-19)10-26-9-13(6-21(27)28)16-3-1-12(5-18(16)26)20-8-25-22(24)30-20/h1,3,5,7-9,11H,2,4,6,10H2,(H2,24,25)(H,27,28). The Bertz CT molecular complexity index is 1320. The molecule has 3 aromatic heterocycles. The maximum atomic E-state index is 11.4. The molecule has 0 saturated carbocycles. The molecule has 1 aromatic carbocycles. The van der Waals surface area contributed by atoms with Crippen LogP contribution in [0.2, 0.25) is 0 Å². The second-order valence-corrected chi connectivity index (χ2v) is 9.85. The van der Waals surface area contributed by atoms with E-state index in [9.17, 15) is 9.90 Å². The van der Waals surface area contributed by atoms with Gasteiger partial charge in [-0.2, -0.15) is 0 Å². The van der Waals surface area contributed by atoms with Crippen molar-refractivity contribution in [3.63, 3.8) is 0 Å². The van der Waals surface area contributed by atoms with Crippen LogP contribution in [0.15, 0.2) is 41.0 Å². The molecule has 0 bridgehead atoms. The van der Waals surface area contributed by atoms with Gasteiger partial charge in [0.15, 0.2) is 5.13 Å². The first-order valence-corrected chi connectivity index (χ1v) is 11.6. The number of fused-ring (bicyclic) bond motifs is 2. The highest BCUT2D eigenvalue weighted by Crippen LogP contribution is 2.36. The second kappa shape index (κ2) is 7.58. The lowest BCUT2D eigenvalue weighted by molar-refractivity contribution is -0.136. The monoisotopic (exact) mass is 455 g/mol. The molecule has 3 N–H and O–H groups in total. The van der Waals surface area contributed by atoms with Gasteiger partial charge < -0.3 is 15.4 Å². The van der Waals surface area contributed by atoms with Gasteiger partial charge in [0, 0.05) is 39.8 Å². The largest absolute Gasteiger partial charge is 0.481 e. The number of carbonyl (C=O) groups is 1. The van der Waals surface area contributed by atoms with Crippen LogP contribution in [0.3, 0.4) is 0 Å². The molecule has 1 aliphatic rings. The zero-order valence-electron chi connectivity index (χ0n) is 15.9. The lowest BCUT2D eigenvalue weighted by Gasteiger charge is -2.11. The maximum Gasteiger partial charge on any atom is 0.307 e.